The Hall–Kier alpha value is -0.840. The standard InChI is InChI=1S/C12H20FNO3/c1-11(2,3)17-10(16)14-5-8-4-9(8)12(13,6-14)7-15/h8-9,15H,4-7H2,1-3H3. The maximum absolute atomic E-state index is 14.3. The number of hydrogen-bond donors (Lipinski definition) is 1. The molecule has 4 nitrogen and oxygen atoms in total. The third-order valence-electron chi connectivity index (χ3n) is 3.41. The number of hydrogen-bond acceptors (Lipinski definition) is 3. The van der Waals surface area contributed by atoms with Crippen LogP contribution in [-0.4, -0.2) is 47.1 Å². The van der Waals surface area contributed by atoms with Crippen LogP contribution in [0.4, 0.5) is 9.18 Å². The van der Waals surface area contributed by atoms with Crippen LogP contribution in [0.25, 0.3) is 0 Å². The molecular weight excluding hydrogens is 225 g/mol. The molecule has 0 aromatic heterocycles. The monoisotopic (exact) mass is 245 g/mol. The first kappa shape index (κ1) is 12.6. The van der Waals surface area contributed by atoms with Gasteiger partial charge in [0.1, 0.15) is 5.60 Å². The predicted molar refractivity (Wildman–Crippen MR) is 60.3 cm³/mol. The van der Waals surface area contributed by atoms with Gasteiger partial charge in [-0.05, 0) is 33.1 Å². The van der Waals surface area contributed by atoms with E-state index in [0.717, 1.165) is 6.42 Å². The number of carbonyl (C=O) groups is 1. The van der Waals surface area contributed by atoms with Crippen molar-refractivity contribution >= 4 is 6.09 Å². The first-order chi connectivity index (χ1) is 7.75. The topological polar surface area (TPSA) is 49.8 Å². The van der Waals surface area contributed by atoms with E-state index in [2.05, 4.69) is 0 Å². The predicted octanol–water partition coefficient (Wildman–Crippen LogP) is 1.57. The van der Waals surface area contributed by atoms with Gasteiger partial charge in [0.25, 0.3) is 0 Å². The zero-order valence-corrected chi connectivity index (χ0v) is 10.6. The fourth-order valence-electron chi connectivity index (χ4n) is 2.50. The molecule has 1 saturated carbocycles. The molecule has 5 heteroatoms. The van der Waals surface area contributed by atoms with Crippen molar-refractivity contribution in [1.29, 1.82) is 0 Å². The molecule has 3 atom stereocenters. The van der Waals surface area contributed by atoms with Gasteiger partial charge < -0.3 is 14.7 Å². The molecular formula is C12H20FNO3. The lowest BCUT2D eigenvalue weighted by molar-refractivity contribution is -0.0293. The van der Waals surface area contributed by atoms with Crippen molar-refractivity contribution < 1.29 is 19.0 Å². The molecule has 0 spiro atoms. The second kappa shape index (κ2) is 3.83. The molecule has 1 heterocycles. The third kappa shape index (κ3) is 2.54. The Balaban J connectivity index is 2.01. The third-order valence-corrected chi connectivity index (χ3v) is 3.41. The Labute approximate surface area is 101 Å². The number of aliphatic hydroxyl groups excluding tert-OH is 1. The number of piperidine rings is 1. The van der Waals surface area contributed by atoms with Crippen LogP contribution in [0.3, 0.4) is 0 Å². The fourth-order valence-corrected chi connectivity index (χ4v) is 2.50. The molecule has 1 N–H and O–H groups in total. The second-order valence-corrected chi connectivity index (χ2v) is 6.16. The highest BCUT2D eigenvalue weighted by Gasteiger charge is 2.58. The number of fused-ring (bicyclic) bond motifs is 1. The van der Waals surface area contributed by atoms with Gasteiger partial charge in [0.2, 0.25) is 0 Å². The minimum absolute atomic E-state index is 0.0560. The summed E-state index contributed by atoms with van der Waals surface area (Å²) in [6.07, 6.45) is 0.273. The lowest BCUT2D eigenvalue weighted by Crippen LogP contribution is -2.52. The summed E-state index contributed by atoms with van der Waals surface area (Å²) in [7, 11) is 0. The summed E-state index contributed by atoms with van der Waals surface area (Å²) in [5, 5.41) is 9.13. The van der Waals surface area contributed by atoms with E-state index in [1.165, 1.54) is 4.90 Å². The van der Waals surface area contributed by atoms with E-state index >= 15 is 0 Å². The summed E-state index contributed by atoms with van der Waals surface area (Å²) in [4.78, 5) is 13.2. The van der Waals surface area contributed by atoms with E-state index in [4.69, 9.17) is 9.84 Å². The number of halogens is 1. The minimum Gasteiger partial charge on any atom is -0.444 e. The molecule has 3 unspecified atom stereocenters. The molecule has 1 amide bonds. The summed E-state index contributed by atoms with van der Waals surface area (Å²) >= 11 is 0. The van der Waals surface area contributed by atoms with E-state index in [1.807, 2.05) is 0 Å². The summed E-state index contributed by atoms with van der Waals surface area (Å²) in [6.45, 7) is 5.31. The smallest absolute Gasteiger partial charge is 0.410 e. The Kier molecular flexibility index (Phi) is 2.84. The molecule has 1 saturated heterocycles. The Morgan fingerprint density at radius 1 is 1.59 bits per heavy atom. The largest absolute Gasteiger partial charge is 0.444 e. The van der Waals surface area contributed by atoms with Crippen LogP contribution in [-0.2, 0) is 4.74 Å². The Morgan fingerprint density at radius 2 is 2.24 bits per heavy atom. The van der Waals surface area contributed by atoms with Crippen molar-refractivity contribution in [2.24, 2.45) is 11.8 Å². The average Bonchev–Trinajstić information content (AvgIpc) is 2.95. The highest BCUT2D eigenvalue weighted by Crippen LogP contribution is 2.52. The average molecular weight is 245 g/mol. The zero-order valence-electron chi connectivity index (χ0n) is 10.6. The van der Waals surface area contributed by atoms with Crippen molar-refractivity contribution in [2.75, 3.05) is 19.7 Å². The number of aliphatic hydroxyl groups is 1. The van der Waals surface area contributed by atoms with E-state index in [0.29, 0.717) is 6.54 Å². The SMILES string of the molecule is CC(C)(C)OC(=O)N1CC2CC2C(F)(CO)C1. The van der Waals surface area contributed by atoms with Crippen molar-refractivity contribution in [2.45, 2.75) is 38.5 Å². The first-order valence-corrected chi connectivity index (χ1v) is 6.03. The number of rotatable bonds is 1. The van der Waals surface area contributed by atoms with Gasteiger partial charge in [0, 0.05) is 12.5 Å². The highest BCUT2D eigenvalue weighted by molar-refractivity contribution is 5.68. The van der Waals surface area contributed by atoms with Gasteiger partial charge in [-0.2, -0.15) is 0 Å². The number of likely N-dealkylation sites (tertiary alicyclic amines) is 1. The van der Waals surface area contributed by atoms with Gasteiger partial charge in [-0.15, -0.1) is 0 Å². The van der Waals surface area contributed by atoms with Crippen LogP contribution < -0.4 is 0 Å². The van der Waals surface area contributed by atoms with Crippen molar-refractivity contribution in [1.82, 2.24) is 4.90 Å². The summed E-state index contributed by atoms with van der Waals surface area (Å²) in [5.74, 6) is 0.111. The van der Waals surface area contributed by atoms with Crippen molar-refractivity contribution in [3.05, 3.63) is 0 Å². The van der Waals surface area contributed by atoms with Crippen molar-refractivity contribution in [3.8, 4) is 0 Å². The second-order valence-electron chi connectivity index (χ2n) is 6.16. The van der Waals surface area contributed by atoms with Crippen LogP contribution in [0.5, 0.6) is 0 Å². The molecule has 2 aliphatic rings. The summed E-state index contributed by atoms with van der Waals surface area (Å²) in [6, 6.07) is 0. The van der Waals surface area contributed by atoms with Crippen molar-refractivity contribution in [3.63, 3.8) is 0 Å². The number of carbonyl (C=O) groups excluding carboxylic acids is 1. The fraction of sp³-hybridized carbons (Fsp3) is 0.917. The van der Waals surface area contributed by atoms with Gasteiger partial charge in [0.05, 0.1) is 13.2 Å². The number of alkyl halides is 1. The molecule has 17 heavy (non-hydrogen) atoms. The Morgan fingerprint density at radius 3 is 2.76 bits per heavy atom. The summed E-state index contributed by atoms with van der Waals surface area (Å²) < 4.78 is 19.5. The van der Waals surface area contributed by atoms with Gasteiger partial charge in [0.15, 0.2) is 5.67 Å². The molecule has 1 aliphatic heterocycles. The number of amides is 1. The van der Waals surface area contributed by atoms with Crippen LogP contribution >= 0.6 is 0 Å². The lowest BCUT2D eigenvalue weighted by Gasteiger charge is -2.36. The maximum atomic E-state index is 14.3. The lowest BCUT2D eigenvalue weighted by atomic mass is 9.95. The Bertz CT molecular complexity index is 328. The molecule has 0 bridgehead atoms. The zero-order chi connectivity index (χ0) is 12.8. The first-order valence-electron chi connectivity index (χ1n) is 6.03. The van der Waals surface area contributed by atoms with E-state index in [1.54, 1.807) is 20.8 Å². The maximum Gasteiger partial charge on any atom is 0.410 e. The normalized spacial score (nSPS) is 36.4. The minimum atomic E-state index is -1.64. The molecule has 2 fully saturated rings. The van der Waals surface area contributed by atoms with Gasteiger partial charge in [-0.25, -0.2) is 9.18 Å². The van der Waals surface area contributed by atoms with Gasteiger partial charge >= 0.3 is 6.09 Å². The molecule has 0 radical (unpaired) electrons. The van der Waals surface area contributed by atoms with E-state index < -0.39 is 24.0 Å². The van der Waals surface area contributed by atoms with Crippen LogP contribution in [0.15, 0.2) is 0 Å². The number of nitrogens with zero attached hydrogens (tertiary/aromatic N) is 1. The van der Waals surface area contributed by atoms with Crippen LogP contribution in [0.1, 0.15) is 27.2 Å². The van der Waals surface area contributed by atoms with E-state index in [9.17, 15) is 9.18 Å². The van der Waals surface area contributed by atoms with Gasteiger partial charge in [-0.1, -0.05) is 0 Å². The summed E-state index contributed by atoms with van der Waals surface area (Å²) in [5.41, 5.74) is -2.21. The van der Waals surface area contributed by atoms with Crippen LogP contribution in [0, 0.1) is 11.8 Å². The van der Waals surface area contributed by atoms with Crippen LogP contribution in [0.2, 0.25) is 0 Å². The molecule has 0 aromatic rings. The van der Waals surface area contributed by atoms with Gasteiger partial charge in [-0.3, -0.25) is 0 Å². The quantitative estimate of drug-likeness (QED) is 0.763. The molecule has 98 valence electrons. The van der Waals surface area contributed by atoms with E-state index in [-0.39, 0.29) is 18.4 Å². The highest BCUT2D eigenvalue weighted by atomic mass is 19.1. The number of ether oxygens (including phenoxy) is 1. The molecule has 1 aliphatic carbocycles. The molecule has 0 aromatic carbocycles. The molecule has 2 rings (SSSR count).